The molecule has 0 saturated carbocycles. The number of carboxylic acids is 1. The highest BCUT2D eigenvalue weighted by Crippen LogP contribution is 2.26. The van der Waals surface area contributed by atoms with E-state index >= 15 is 0 Å². The molecule has 0 radical (unpaired) electrons. The molecule has 0 atom stereocenters. The standard InChI is InChI=1S/C15H17F2NO4/c1-9-6-10(12(17)7-11(9)16)14(21)18-15(8-13(19)20)2-4-22-5-3-15/h6-7H,2-5,8H2,1H3,(H,18,21)(H,19,20). The van der Waals surface area contributed by atoms with Crippen molar-refractivity contribution in [2.75, 3.05) is 13.2 Å². The van der Waals surface area contributed by atoms with Crippen molar-refractivity contribution in [2.24, 2.45) is 0 Å². The molecule has 1 aromatic carbocycles. The van der Waals surface area contributed by atoms with E-state index in [0.29, 0.717) is 32.1 Å². The lowest BCUT2D eigenvalue weighted by Crippen LogP contribution is -2.53. The molecule has 5 nitrogen and oxygen atoms in total. The van der Waals surface area contributed by atoms with E-state index in [9.17, 15) is 18.4 Å². The van der Waals surface area contributed by atoms with E-state index in [2.05, 4.69) is 5.32 Å². The van der Waals surface area contributed by atoms with Crippen LogP contribution in [0.15, 0.2) is 12.1 Å². The van der Waals surface area contributed by atoms with E-state index in [-0.39, 0.29) is 17.5 Å². The van der Waals surface area contributed by atoms with Gasteiger partial charge >= 0.3 is 5.97 Å². The molecule has 1 heterocycles. The second kappa shape index (κ2) is 6.39. The molecule has 0 bridgehead atoms. The van der Waals surface area contributed by atoms with Crippen LogP contribution in [-0.4, -0.2) is 35.7 Å². The van der Waals surface area contributed by atoms with E-state index < -0.39 is 29.0 Å². The number of aliphatic carboxylic acids is 1. The number of aryl methyl sites for hydroxylation is 1. The fourth-order valence-corrected chi connectivity index (χ4v) is 2.54. The first-order valence-corrected chi connectivity index (χ1v) is 6.91. The Kier molecular flexibility index (Phi) is 4.75. The van der Waals surface area contributed by atoms with Crippen LogP contribution in [0.4, 0.5) is 8.78 Å². The molecule has 1 fully saturated rings. The monoisotopic (exact) mass is 313 g/mol. The summed E-state index contributed by atoms with van der Waals surface area (Å²) in [5, 5.41) is 11.6. The Balaban J connectivity index is 2.24. The first kappa shape index (κ1) is 16.4. The first-order valence-electron chi connectivity index (χ1n) is 6.91. The van der Waals surface area contributed by atoms with Crippen molar-refractivity contribution in [1.82, 2.24) is 5.32 Å². The van der Waals surface area contributed by atoms with Crippen LogP contribution in [0.25, 0.3) is 0 Å². The van der Waals surface area contributed by atoms with Crippen LogP contribution < -0.4 is 5.32 Å². The SMILES string of the molecule is Cc1cc(C(=O)NC2(CC(=O)O)CCOCC2)c(F)cc1F. The summed E-state index contributed by atoms with van der Waals surface area (Å²) in [6, 6.07) is 1.77. The largest absolute Gasteiger partial charge is 0.481 e. The molecule has 1 amide bonds. The molecule has 1 saturated heterocycles. The van der Waals surface area contributed by atoms with E-state index in [1.54, 1.807) is 0 Å². The van der Waals surface area contributed by atoms with Gasteiger partial charge < -0.3 is 15.2 Å². The highest BCUT2D eigenvalue weighted by Gasteiger charge is 2.37. The number of ether oxygens (including phenoxy) is 1. The summed E-state index contributed by atoms with van der Waals surface area (Å²) < 4.78 is 32.2. The van der Waals surface area contributed by atoms with E-state index in [1.807, 2.05) is 0 Å². The lowest BCUT2D eigenvalue weighted by Gasteiger charge is -2.36. The van der Waals surface area contributed by atoms with Gasteiger partial charge in [-0.1, -0.05) is 0 Å². The maximum absolute atomic E-state index is 13.8. The van der Waals surface area contributed by atoms with Crippen molar-refractivity contribution in [3.05, 3.63) is 34.9 Å². The lowest BCUT2D eigenvalue weighted by atomic mass is 9.86. The molecule has 0 unspecified atom stereocenters. The Labute approximate surface area is 126 Å². The quantitative estimate of drug-likeness (QED) is 0.892. The number of hydrogen-bond acceptors (Lipinski definition) is 3. The van der Waals surface area contributed by atoms with Crippen LogP contribution in [0, 0.1) is 18.6 Å². The number of rotatable bonds is 4. The van der Waals surface area contributed by atoms with Crippen LogP contribution >= 0.6 is 0 Å². The Morgan fingerprint density at radius 2 is 1.91 bits per heavy atom. The summed E-state index contributed by atoms with van der Waals surface area (Å²) in [6.07, 6.45) is 0.379. The lowest BCUT2D eigenvalue weighted by molar-refractivity contribution is -0.139. The van der Waals surface area contributed by atoms with Crippen LogP contribution in [0.3, 0.4) is 0 Å². The Morgan fingerprint density at radius 1 is 1.27 bits per heavy atom. The summed E-state index contributed by atoms with van der Waals surface area (Å²) in [7, 11) is 0. The van der Waals surface area contributed by atoms with Crippen molar-refractivity contribution in [2.45, 2.75) is 31.7 Å². The van der Waals surface area contributed by atoms with Gasteiger partial charge in [-0.05, 0) is 31.4 Å². The summed E-state index contributed by atoms with van der Waals surface area (Å²) in [6.45, 7) is 2.06. The summed E-state index contributed by atoms with van der Waals surface area (Å²) in [5.74, 6) is -3.51. The molecular weight excluding hydrogens is 296 g/mol. The molecule has 120 valence electrons. The second-order valence-corrected chi connectivity index (χ2v) is 5.50. The van der Waals surface area contributed by atoms with Crippen molar-refractivity contribution < 1.29 is 28.2 Å². The van der Waals surface area contributed by atoms with Gasteiger partial charge in [0.1, 0.15) is 11.6 Å². The third kappa shape index (κ3) is 3.59. The number of amides is 1. The maximum Gasteiger partial charge on any atom is 0.305 e. The molecule has 1 aromatic rings. The van der Waals surface area contributed by atoms with Crippen molar-refractivity contribution in [1.29, 1.82) is 0 Å². The Morgan fingerprint density at radius 3 is 2.50 bits per heavy atom. The van der Waals surface area contributed by atoms with Crippen LogP contribution in [0.5, 0.6) is 0 Å². The summed E-state index contributed by atoms with van der Waals surface area (Å²) >= 11 is 0. The summed E-state index contributed by atoms with van der Waals surface area (Å²) in [5.41, 5.74) is -1.13. The van der Waals surface area contributed by atoms with E-state index in [4.69, 9.17) is 9.84 Å². The van der Waals surface area contributed by atoms with Crippen LogP contribution in [-0.2, 0) is 9.53 Å². The van der Waals surface area contributed by atoms with E-state index in [0.717, 1.165) is 6.07 Å². The minimum absolute atomic E-state index is 0.144. The second-order valence-electron chi connectivity index (χ2n) is 5.50. The zero-order valence-corrected chi connectivity index (χ0v) is 12.1. The van der Waals surface area contributed by atoms with Gasteiger partial charge in [0.2, 0.25) is 0 Å². The maximum atomic E-state index is 13.8. The predicted molar refractivity (Wildman–Crippen MR) is 73.6 cm³/mol. The van der Waals surface area contributed by atoms with Crippen LogP contribution in [0.2, 0.25) is 0 Å². The van der Waals surface area contributed by atoms with Gasteiger partial charge in [0.15, 0.2) is 0 Å². The Hall–Kier alpha value is -2.02. The first-order chi connectivity index (χ1) is 10.3. The molecule has 1 aliphatic rings. The van der Waals surface area contributed by atoms with Crippen molar-refractivity contribution in [3.8, 4) is 0 Å². The molecule has 1 aliphatic heterocycles. The topological polar surface area (TPSA) is 75.6 Å². The van der Waals surface area contributed by atoms with E-state index in [1.165, 1.54) is 6.92 Å². The van der Waals surface area contributed by atoms with Gasteiger partial charge in [-0.2, -0.15) is 0 Å². The van der Waals surface area contributed by atoms with Crippen LogP contribution in [0.1, 0.15) is 35.2 Å². The van der Waals surface area contributed by atoms with Crippen molar-refractivity contribution >= 4 is 11.9 Å². The van der Waals surface area contributed by atoms with Crippen molar-refractivity contribution in [3.63, 3.8) is 0 Å². The number of hydrogen-bond donors (Lipinski definition) is 2. The molecule has 2 rings (SSSR count). The van der Waals surface area contributed by atoms with Gasteiger partial charge in [0.25, 0.3) is 5.91 Å². The fraction of sp³-hybridized carbons (Fsp3) is 0.467. The van der Waals surface area contributed by atoms with Gasteiger partial charge in [0, 0.05) is 19.3 Å². The number of benzene rings is 1. The number of carbonyl (C=O) groups is 2. The highest BCUT2D eigenvalue weighted by atomic mass is 19.1. The fourth-order valence-electron chi connectivity index (χ4n) is 2.54. The molecule has 0 aromatic heterocycles. The molecule has 22 heavy (non-hydrogen) atoms. The molecule has 7 heteroatoms. The normalized spacial score (nSPS) is 17.0. The van der Waals surface area contributed by atoms with Gasteiger partial charge in [-0.15, -0.1) is 0 Å². The highest BCUT2D eigenvalue weighted by molar-refractivity contribution is 5.95. The van der Waals surface area contributed by atoms with Gasteiger partial charge in [-0.3, -0.25) is 9.59 Å². The van der Waals surface area contributed by atoms with Gasteiger partial charge in [-0.25, -0.2) is 8.78 Å². The predicted octanol–water partition coefficient (Wildman–Crippen LogP) is 2.03. The minimum Gasteiger partial charge on any atom is -0.481 e. The minimum atomic E-state index is -1.06. The molecule has 0 aliphatic carbocycles. The zero-order valence-electron chi connectivity index (χ0n) is 12.1. The number of carbonyl (C=O) groups excluding carboxylic acids is 1. The average Bonchev–Trinajstić information content (AvgIpc) is 2.42. The smallest absolute Gasteiger partial charge is 0.305 e. The summed E-state index contributed by atoms with van der Waals surface area (Å²) in [4.78, 5) is 23.3. The third-order valence-electron chi connectivity index (χ3n) is 3.81. The molecular formula is C15H17F2NO4. The average molecular weight is 313 g/mol. The third-order valence-corrected chi connectivity index (χ3v) is 3.81. The number of carboxylic acid groups (broad SMARTS) is 1. The molecule has 2 N–H and O–H groups in total. The van der Waals surface area contributed by atoms with Gasteiger partial charge in [0.05, 0.1) is 17.5 Å². The zero-order chi connectivity index (χ0) is 16.3. The Bertz CT molecular complexity index is 597. The number of halogens is 2. The molecule has 0 spiro atoms. The number of nitrogens with one attached hydrogen (secondary N) is 1.